The van der Waals surface area contributed by atoms with Gasteiger partial charge in [0.2, 0.25) is 0 Å². The number of pyridine rings is 1. The number of carboxylic acid groups (broad SMARTS) is 1. The molecular formula is C8H9N2O2-. The Balaban J connectivity index is 3.04. The lowest BCUT2D eigenvalue weighted by Crippen LogP contribution is -2.23. The van der Waals surface area contributed by atoms with E-state index in [1.54, 1.807) is 11.1 Å². The van der Waals surface area contributed by atoms with E-state index < -0.39 is 5.97 Å². The highest BCUT2D eigenvalue weighted by Crippen LogP contribution is 2.10. The van der Waals surface area contributed by atoms with Crippen molar-refractivity contribution in [2.75, 3.05) is 19.0 Å². The normalized spacial score (nSPS) is 9.50. The molecule has 12 heavy (non-hydrogen) atoms. The summed E-state index contributed by atoms with van der Waals surface area (Å²) < 4.78 is 0. The lowest BCUT2D eigenvalue weighted by Gasteiger charge is -2.12. The van der Waals surface area contributed by atoms with Crippen LogP contribution in [0.2, 0.25) is 0 Å². The van der Waals surface area contributed by atoms with Crippen molar-refractivity contribution >= 4 is 11.7 Å². The Bertz CT molecular complexity index is 297. The summed E-state index contributed by atoms with van der Waals surface area (Å²) in [4.78, 5) is 15.9. The van der Waals surface area contributed by atoms with E-state index in [2.05, 4.69) is 4.98 Å². The van der Waals surface area contributed by atoms with Crippen LogP contribution in [0.3, 0.4) is 0 Å². The molecule has 4 nitrogen and oxygen atoms in total. The van der Waals surface area contributed by atoms with E-state index in [9.17, 15) is 9.90 Å². The first-order chi connectivity index (χ1) is 5.61. The van der Waals surface area contributed by atoms with Crippen molar-refractivity contribution in [3.05, 3.63) is 24.0 Å². The summed E-state index contributed by atoms with van der Waals surface area (Å²) in [6.07, 6.45) is 2.86. The van der Waals surface area contributed by atoms with E-state index in [4.69, 9.17) is 0 Å². The number of hydrogen-bond donors (Lipinski definition) is 0. The molecule has 1 aromatic heterocycles. The smallest absolute Gasteiger partial charge is 0.0731 e. The number of aromatic carboxylic acids is 1. The van der Waals surface area contributed by atoms with Gasteiger partial charge in [0, 0.05) is 25.9 Å². The number of carbonyl (C=O) groups is 1. The number of nitrogens with zero attached hydrogens (tertiary/aromatic N) is 2. The molecule has 0 aliphatic rings. The number of rotatable bonds is 2. The molecule has 1 rings (SSSR count). The molecule has 0 aromatic carbocycles. The highest BCUT2D eigenvalue weighted by molar-refractivity contribution is 5.86. The fourth-order valence-electron chi connectivity index (χ4n) is 0.784. The molecular weight excluding hydrogens is 156 g/mol. The van der Waals surface area contributed by atoms with Crippen LogP contribution in [0.5, 0.6) is 0 Å². The van der Waals surface area contributed by atoms with Crippen LogP contribution >= 0.6 is 0 Å². The van der Waals surface area contributed by atoms with Crippen molar-refractivity contribution in [1.29, 1.82) is 0 Å². The van der Waals surface area contributed by atoms with Crippen LogP contribution in [0.15, 0.2) is 18.5 Å². The van der Waals surface area contributed by atoms with Gasteiger partial charge in [0.1, 0.15) is 0 Å². The summed E-state index contributed by atoms with van der Waals surface area (Å²) in [5.41, 5.74) is 0.845. The van der Waals surface area contributed by atoms with Gasteiger partial charge in [0.05, 0.1) is 17.9 Å². The van der Waals surface area contributed by atoms with Crippen molar-refractivity contribution in [3.8, 4) is 0 Å². The maximum Gasteiger partial charge on any atom is 0.0731 e. The van der Waals surface area contributed by atoms with Gasteiger partial charge < -0.3 is 14.8 Å². The fraction of sp³-hybridized carbons (Fsp3) is 0.250. The Kier molecular flexibility index (Phi) is 2.28. The molecule has 4 heteroatoms. The van der Waals surface area contributed by atoms with Gasteiger partial charge in [0.25, 0.3) is 0 Å². The maximum atomic E-state index is 10.4. The Labute approximate surface area is 70.5 Å². The number of carbonyl (C=O) groups excluding carboxylic acids is 1. The summed E-state index contributed by atoms with van der Waals surface area (Å²) in [5, 5.41) is 10.4. The predicted molar refractivity (Wildman–Crippen MR) is 42.9 cm³/mol. The Morgan fingerprint density at radius 2 is 2.17 bits per heavy atom. The van der Waals surface area contributed by atoms with E-state index in [0.717, 1.165) is 5.69 Å². The Morgan fingerprint density at radius 1 is 1.50 bits per heavy atom. The van der Waals surface area contributed by atoms with Crippen LogP contribution in [0.1, 0.15) is 10.4 Å². The van der Waals surface area contributed by atoms with Crippen molar-refractivity contribution in [1.82, 2.24) is 4.98 Å². The van der Waals surface area contributed by atoms with E-state index in [0.29, 0.717) is 0 Å². The van der Waals surface area contributed by atoms with Gasteiger partial charge in [-0.05, 0) is 6.07 Å². The highest BCUT2D eigenvalue weighted by atomic mass is 16.4. The number of anilines is 1. The van der Waals surface area contributed by atoms with Crippen LogP contribution < -0.4 is 10.0 Å². The van der Waals surface area contributed by atoms with Crippen LogP contribution in [0.4, 0.5) is 5.69 Å². The molecule has 0 unspecified atom stereocenters. The van der Waals surface area contributed by atoms with Crippen molar-refractivity contribution in [2.24, 2.45) is 0 Å². The average Bonchev–Trinajstić information content (AvgIpc) is 2.04. The SMILES string of the molecule is CN(C)c1cncc(C(=O)[O-])c1. The molecule has 0 aliphatic carbocycles. The second-order valence-electron chi connectivity index (χ2n) is 2.61. The monoisotopic (exact) mass is 165 g/mol. The van der Waals surface area contributed by atoms with Gasteiger partial charge in [-0.15, -0.1) is 0 Å². The molecule has 0 N–H and O–H groups in total. The third kappa shape index (κ3) is 1.72. The zero-order chi connectivity index (χ0) is 9.14. The summed E-state index contributed by atoms with van der Waals surface area (Å²) in [7, 11) is 3.63. The molecule has 0 saturated carbocycles. The van der Waals surface area contributed by atoms with E-state index in [-0.39, 0.29) is 5.56 Å². The molecule has 0 aliphatic heterocycles. The van der Waals surface area contributed by atoms with Gasteiger partial charge in [-0.3, -0.25) is 4.98 Å². The molecule has 0 amide bonds. The predicted octanol–water partition coefficient (Wildman–Crippen LogP) is -0.489. The third-order valence-electron chi connectivity index (χ3n) is 1.48. The molecule has 0 fully saturated rings. The molecule has 0 atom stereocenters. The van der Waals surface area contributed by atoms with Crippen LogP contribution in [-0.2, 0) is 0 Å². The quantitative estimate of drug-likeness (QED) is 0.593. The molecule has 0 spiro atoms. The number of carboxylic acids is 1. The summed E-state index contributed by atoms with van der Waals surface area (Å²) in [6, 6.07) is 1.52. The third-order valence-corrected chi connectivity index (χ3v) is 1.48. The van der Waals surface area contributed by atoms with Crippen LogP contribution in [0.25, 0.3) is 0 Å². The molecule has 0 radical (unpaired) electrons. The maximum absolute atomic E-state index is 10.4. The first-order valence-corrected chi connectivity index (χ1v) is 3.45. The fourth-order valence-corrected chi connectivity index (χ4v) is 0.784. The van der Waals surface area contributed by atoms with E-state index in [1.165, 1.54) is 12.3 Å². The van der Waals surface area contributed by atoms with Crippen LogP contribution in [-0.4, -0.2) is 25.0 Å². The molecule has 1 aromatic rings. The van der Waals surface area contributed by atoms with Gasteiger partial charge in [-0.25, -0.2) is 0 Å². The minimum atomic E-state index is -1.20. The van der Waals surface area contributed by atoms with Crippen LogP contribution in [0, 0.1) is 0 Å². The average molecular weight is 165 g/mol. The van der Waals surface area contributed by atoms with E-state index in [1.807, 2.05) is 14.1 Å². The second kappa shape index (κ2) is 3.21. The number of hydrogen-bond acceptors (Lipinski definition) is 4. The molecule has 1 heterocycles. The van der Waals surface area contributed by atoms with Gasteiger partial charge >= 0.3 is 0 Å². The molecule has 64 valence electrons. The largest absolute Gasteiger partial charge is 0.545 e. The first-order valence-electron chi connectivity index (χ1n) is 3.45. The number of aromatic nitrogens is 1. The lowest BCUT2D eigenvalue weighted by molar-refractivity contribution is -0.255. The van der Waals surface area contributed by atoms with Crippen molar-refractivity contribution < 1.29 is 9.90 Å². The Morgan fingerprint density at radius 3 is 2.67 bits per heavy atom. The minimum absolute atomic E-state index is 0.0983. The molecule has 0 saturated heterocycles. The zero-order valence-electron chi connectivity index (χ0n) is 6.94. The Hall–Kier alpha value is -1.58. The first kappa shape index (κ1) is 8.52. The minimum Gasteiger partial charge on any atom is -0.545 e. The molecule has 0 bridgehead atoms. The van der Waals surface area contributed by atoms with E-state index >= 15 is 0 Å². The summed E-state index contributed by atoms with van der Waals surface area (Å²) in [5.74, 6) is -1.20. The topological polar surface area (TPSA) is 56.3 Å². The van der Waals surface area contributed by atoms with Gasteiger partial charge in [0.15, 0.2) is 0 Å². The zero-order valence-corrected chi connectivity index (χ0v) is 6.94. The summed E-state index contributed by atoms with van der Waals surface area (Å²) in [6.45, 7) is 0. The standard InChI is InChI=1S/C8H10N2O2/c1-10(2)7-3-6(8(11)12)4-9-5-7/h3-5H,1-2H3,(H,11,12)/p-1. The lowest BCUT2D eigenvalue weighted by atomic mass is 10.2. The van der Waals surface area contributed by atoms with Crippen molar-refractivity contribution in [2.45, 2.75) is 0 Å². The highest BCUT2D eigenvalue weighted by Gasteiger charge is 1.98. The summed E-state index contributed by atoms with van der Waals surface area (Å²) >= 11 is 0. The van der Waals surface area contributed by atoms with Gasteiger partial charge in [-0.1, -0.05) is 0 Å². The second-order valence-corrected chi connectivity index (χ2v) is 2.61. The van der Waals surface area contributed by atoms with Gasteiger partial charge in [-0.2, -0.15) is 0 Å². The van der Waals surface area contributed by atoms with Crippen molar-refractivity contribution in [3.63, 3.8) is 0 Å².